The second kappa shape index (κ2) is 11.9. The lowest BCUT2D eigenvalue weighted by Crippen LogP contribution is -2.26. The van der Waals surface area contributed by atoms with Crippen LogP contribution in [0.1, 0.15) is 13.8 Å². The van der Waals surface area contributed by atoms with E-state index in [-0.39, 0.29) is 13.2 Å². The van der Waals surface area contributed by atoms with Crippen LogP contribution in [-0.2, 0) is 18.9 Å². The molecule has 1 atom stereocenters. The second-order valence-corrected chi connectivity index (χ2v) is 2.75. The summed E-state index contributed by atoms with van der Waals surface area (Å²) in [7, 11) is 0. The highest BCUT2D eigenvalue weighted by Gasteiger charge is 2.08. The van der Waals surface area contributed by atoms with Crippen molar-refractivity contribution in [3.05, 3.63) is 0 Å². The van der Waals surface area contributed by atoms with Crippen molar-refractivity contribution in [2.45, 2.75) is 20.1 Å². The van der Waals surface area contributed by atoms with Gasteiger partial charge in [-0.3, -0.25) is 0 Å². The Hall–Kier alpha value is -0.200. The van der Waals surface area contributed by atoms with E-state index in [1.54, 1.807) is 0 Å². The first-order valence-electron chi connectivity index (χ1n) is 5.34. The summed E-state index contributed by atoms with van der Waals surface area (Å²) in [5.41, 5.74) is 0. The summed E-state index contributed by atoms with van der Waals surface area (Å²) in [5.74, 6) is 0. The van der Waals surface area contributed by atoms with Gasteiger partial charge in [0.15, 0.2) is 6.29 Å². The maximum Gasteiger partial charge on any atom is 0.181 e. The molecule has 0 bridgehead atoms. The number of rotatable bonds is 11. The number of aliphatic hydroxyl groups excluding tert-OH is 1. The van der Waals surface area contributed by atoms with Gasteiger partial charge in [-0.05, 0) is 13.8 Å². The Morgan fingerprint density at radius 1 is 0.933 bits per heavy atom. The van der Waals surface area contributed by atoms with Crippen molar-refractivity contribution in [1.29, 1.82) is 0 Å². The van der Waals surface area contributed by atoms with Gasteiger partial charge in [-0.2, -0.15) is 0 Å². The minimum Gasteiger partial charge on any atom is -0.394 e. The number of hydrogen-bond acceptors (Lipinski definition) is 5. The van der Waals surface area contributed by atoms with Crippen LogP contribution in [0.3, 0.4) is 0 Å². The van der Waals surface area contributed by atoms with Crippen LogP contribution in [0.2, 0.25) is 0 Å². The zero-order valence-electron chi connectivity index (χ0n) is 9.61. The predicted octanol–water partition coefficient (Wildman–Crippen LogP) is 0.411. The zero-order valence-corrected chi connectivity index (χ0v) is 9.61. The fourth-order valence-corrected chi connectivity index (χ4v) is 0.925. The molecule has 15 heavy (non-hydrogen) atoms. The van der Waals surface area contributed by atoms with E-state index in [4.69, 9.17) is 24.1 Å². The molecular formula is C10H22O5. The van der Waals surface area contributed by atoms with E-state index >= 15 is 0 Å². The molecule has 5 nitrogen and oxygen atoms in total. The molecule has 0 radical (unpaired) electrons. The summed E-state index contributed by atoms with van der Waals surface area (Å²) in [6.45, 7) is 6.76. The van der Waals surface area contributed by atoms with Gasteiger partial charge in [0.2, 0.25) is 0 Å². The van der Waals surface area contributed by atoms with E-state index in [2.05, 4.69) is 0 Å². The van der Waals surface area contributed by atoms with E-state index < -0.39 is 6.29 Å². The van der Waals surface area contributed by atoms with Crippen molar-refractivity contribution < 1.29 is 24.1 Å². The molecule has 0 aliphatic heterocycles. The summed E-state index contributed by atoms with van der Waals surface area (Å²) < 4.78 is 20.9. The molecule has 0 fully saturated rings. The van der Waals surface area contributed by atoms with Gasteiger partial charge >= 0.3 is 0 Å². The van der Waals surface area contributed by atoms with Gasteiger partial charge in [-0.25, -0.2) is 0 Å². The van der Waals surface area contributed by atoms with Gasteiger partial charge in [0.1, 0.15) is 0 Å². The average molecular weight is 222 g/mol. The molecule has 0 saturated heterocycles. The van der Waals surface area contributed by atoms with Crippen LogP contribution in [0.25, 0.3) is 0 Å². The molecule has 1 N–H and O–H groups in total. The van der Waals surface area contributed by atoms with Gasteiger partial charge in [0.25, 0.3) is 0 Å². The molecule has 5 heteroatoms. The molecule has 0 saturated carbocycles. The first-order valence-corrected chi connectivity index (χ1v) is 5.34. The molecule has 92 valence electrons. The highest BCUT2D eigenvalue weighted by molar-refractivity contribution is 4.43. The maximum atomic E-state index is 8.60. The number of ether oxygens (including phenoxy) is 4. The van der Waals surface area contributed by atoms with Crippen LogP contribution in [0, 0.1) is 0 Å². The first kappa shape index (κ1) is 14.8. The molecule has 0 aromatic heterocycles. The lowest BCUT2D eigenvalue weighted by molar-refractivity contribution is -0.181. The van der Waals surface area contributed by atoms with E-state index in [0.29, 0.717) is 33.0 Å². The Balaban J connectivity index is 3.49. The molecule has 0 aromatic carbocycles. The molecule has 0 rings (SSSR count). The third-order valence-electron chi connectivity index (χ3n) is 1.59. The van der Waals surface area contributed by atoms with Crippen LogP contribution < -0.4 is 0 Å². The highest BCUT2D eigenvalue weighted by Crippen LogP contribution is 1.96. The lowest BCUT2D eigenvalue weighted by Gasteiger charge is -2.17. The quantitative estimate of drug-likeness (QED) is 0.405. The second-order valence-electron chi connectivity index (χ2n) is 2.75. The average Bonchev–Trinajstić information content (AvgIpc) is 2.27. The van der Waals surface area contributed by atoms with E-state index in [1.807, 2.05) is 13.8 Å². The van der Waals surface area contributed by atoms with Crippen LogP contribution in [0.5, 0.6) is 0 Å². The van der Waals surface area contributed by atoms with Crippen LogP contribution >= 0.6 is 0 Å². The molecule has 0 aromatic rings. The van der Waals surface area contributed by atoms with Crippen molar-refractivity contribution in [3.63, 3.8) is 0 Å². The highest BCUT2D eigenvalue weighted by atomic mass is 16.7. The van der Waals surface area contributed by atoms with Gasteiger partial charge in [0.05, 0.1) is 33.0 Å². The topological polar surface area (TPSA) is 57.2 Å². The molecule has 0 amide bonds. The van der Waals surface area contributed by atoms with Crippen LogP contribution in [0.15, 0.2) is 0 Å². The van der Waals surface area contributed by atoms with Crippen molar-refractivity contribution in [3.8, 4) is 0 Å². The van der Waals surface area contributed by atoms with Crippen LogP contribution in [-0.4, -0.2) is 57.6 Å². The third-order valence-corrected chi connectivity index (χ3v) is 1.59. The van der Waals surface area contributed by atoms with Gasteiger partial charge in [0, 0.05) is 13.2 Å². The zero-order chi connectivity index (χ0) is 11.4. The summed E-state index contributed by atoms with van der Waals surface area (Å²) >= 11 is 0. The molecule has 0 heterocycles. The molecule has 1 unspecified atom stereocenters. The van der Waals surface area contributed by atoms with Gasteiger partial charge in [-0.1, -0.05) is 0 Å². The largest absolute Gasteiger partial charge is 0.394 e. The Morgan fingerprint density at radius 3 is 2.20 bits per heavy atom. The number of aliphatic hydroxyl groups is 1. The molecular weight excluding hydrogens is 200 g/mol. The van der Waals surface area contributed by atoms with Crippen molar-refractivity contribution in [1.82, 2.24) is 0 Å². The molecule has 0 aliphatic carbocycles. The standard InChI is InChI=1S/C10H22O5/c1-3-12-7-8-15-10(9-13-4-2)14-6-5-11/h10-11H,3-9H2,1-2H3. The minimum absolute atomic E-state index is 0.0164. The summed E-state index contributed by atoms with van der Waals surface area (Å²) in [5, 5.41) is 8.60. The summed E-state index contributed by atoms with van der Waals surface area (Å²) in [4.78, 5) is 0. The first-order chi connectivity index (χ1) is 7.35. The molecule has 0 spiro atoms. The maximum absolute atomic E-state index is 8.60. The minimum atomic E-state index is -0.419. The third kappa shape index (κ3) is 10.1. The predicted molar refractivity (Wildman–Crippen MR) is 55.8 cm³/mol. The molecule has 0 aliphatic rings. The normalized spacial score (nSPS) is 13.0. The smallest absolute Gasteiger partial charge is 0.181 e. The van der Waals surface area contributed by atoms with E-state index in [1.165, 1.54) is 0 Å². The summed E-state index contributed by atoms with van der Waals surface area (Å²) in [6.07, 6.45) is -0.419. The fourth-order valence-electron chi connectivity index (χ4n) is 0.925. The van der Waals surface area contributed by atoms with Gasteiger partial charge in [-0.15, -0.1) is 0 Å². The Bertz CT molecular complexity index is 112. The van der Waals surface area contributed by atoms with Crippen LogP contribution in [0.4, 0.5) is 0 Å². The van der Waals surface area contributed by atoms with Crippen molar-refractivity contribution in [2.24, 2.45) is 0 Å². The van der Waals surface area contributed by atoms with E-state index in [0.717, 1.165) is 0 Å². The van der Waals surface area contributed by atoms with E-state index in [9.17, 15) is 0 Å². The van der Waals surface area contributed by atoms with Crippen molar-refractivity contribution in [2.75, 3.05) is 46.2 Å². The monoisotopic (exact) mass is 222 g/mol. The summed E-state index contributed by atoms with van der Waals surface area (Å²) in [6, 6.07) is 0. The Morgan fingerprint density at radius 2 is 1.60 bits per heavy atom. The Kier molecular flexibility index (Phi) is 11.7. The Labute approximate surface area is 91.3 Å². The van der Waals surface area contributed by atoms with Gasteiger partial charge < -0.3 is 24.1 Å². The SMILES string of the molecule is CCOCCOC(COCC)OCCO. The fraction of sp³-hybridized carbons (Fsp3) is 1.00. The number of hydrogen-bond donors (Lipinski definition) is 1. The van der Waals surface area contributed by atoms with Crippen molar-refractivity contribution >= 4 is 0 Å². The lowest BCUT2D eigenvalue weighted by atomic mass is 10.6.